The van der Waals surface area contributed by atoms with Gasteiger partial charge in [0, 0.05) is 17.7 Å². The lowest BCUT2D eigenvalue weighted by Gasteiger charge is -2.16. The third-order valence-corrected chi connectivity index (χ3v) is 3.45. The highest BCUT2D eigenvalue weighted by molar-refractivity contribution is 6.23. The molecule has 0 heterocycles. The van der Waals surface area contributed by atoms with E-state index in [0.29, 0.717) is 16.8 Å². The van der Waals surface area contributed by atoms with Crippen molar-refractivity contribution < 1.29 is 14.0 Å². The molecule has 1 atom stereocenters. The van der Waals surface area contributed by atoms with Crippen LogP contribution in [0.2, 0.25) is 0 Å². The van der Waals surface area contributed by atoms with Crippen LogP contribution in [-0.4, -0.2) is 17.4 Å². The third-order valence-electron chi connectivity index (χ3n) is 3.45. The molecular formula is C16H12FNO2. The molecule has 0 radical (unpaired) electrons. The van der Waals surface area contributed by atoms with Gasteiger partial charge in [-0.3, -0.25) is 9.59 Å². The molecule has 0 fully saturated rings. The minimum atomic E-state index is -2.51. The Kier molecular flexibility index (Phi) is 2.86. The Hall–Kier alpha value is -2.49. The third kappa shape index (κ3) is 1.90. The average molecular weight is 269 g/mol. The van der Waals surface area contributed by atoms with Crippen LogP contribution >= 0.6 is 0 Å². The van der Waals surface area contributed by atoms with Crippen LogP contribution in [0, 0.1) is 0 Å². The number of alkyl halides is 1. The highest BCUT2D eigenvalue weighted by Crippen LogP contribution is 2.34. The number of amides is 1. The zero-order valence-corrected chi connectivity index (χ0v) is 10.6. The van der Waals surface area contributed by atoms with Gasteiger partial charge in [-0.25, -0.2) is 4.39 Å². The fraction of sp³-hybridized carbons (Fsp3) is 0.125. The van der Waals surface area contributed by atoms with E-state index < -0.39 is 17.4 Å². The van der Waals surface area contributed by atoms with Crippen molar-refractivity contribution in [3.8, 4) is 0 Å². The Morgan fingerprint density at radius 1 is 1.05 bits per heavy atom. The number of Topliss-reactive ketones (excluding diaryl/α,β-unsaturated/α-hetero) is 1. The first-order chi connectivity index (χ1) is 9.61. The second-order valence-electron chi connectivity index (χ2n) is 4.78. The SMILES string of the molecule is O=C(Nc1ccccc1)[C@]1(F)Cc2ccccc2C1=O. The molecule has 1 amide bonds. The van der Waals surface area contributed by atoms with Crippen LogP contribution in [0.25, 0.3) is 0 Å². The monoisotopic (exact) mass is 269 g/mol. The molecule has 100 valence electrons. The van der Waals surface area contributed by atoms with E-state index in [0.717, 1.165) is 0 Å². The van der Waals surface area contributed by atoms with Gasteiger partial charge in [-0.1, -0.05) is 42.5 Å². The number of hydrogen-bond acceptors (Lipinski definition) is 2. The van der Waals surface area contributed by atoms with E-state index in [-0.39, 0.29) is 6.42 Å². The minimum Gasteiger partial charge on any atom is -0.323 e. The van der Waals surface area contributed by atoms with Gasteiger partial charge in [0.25, 0.3) is 11.6 Å². The maximum absolute atomic E-state index is 14.8. The molecule has 1 aliphatic carbocycles. The molecule has 2 aromatic carbocycles. The Morgan fingerprint density at radius 3 is 2.40 bits per heavy atom. The van der Waals surface area contributed by atoms with Gasteiger partial charge in [-0.15, -0.1) is 0 Å². The molecule has 1 N–H and O–H groups in total. The van der Waals surface area contributed by atoms with E-state index in [4.69, 9.17) is 0 Å². The average Bonchev–Trinajstić information content (AvgIpc) is 2.73. The Morgan fingerprint density at radius 2 is 1.70 bits per heavy atom. The Bertz CT molecular complexity index is 684. The molecule has 0 saturated heterocycles. The number of para-hydroxylation sites is 1. The molecular weight excluding hydrogens is 257 g/mol. The lowest BCUT2D eigenvalue weighted by molar-refractivity contribution is -0.124. The van der Waals surface area contributed by atoms with Crippen molar-refractivity contribution in [2.24, 2.45) is 0 Å². The fourth-order valence-corrected chi connectivity index (χ4v) is 2.39. The van der Waals surface area contributed by atoms with Crippen LogP contribution in [0.1, 0.15) is 15.9 Å². The summed E-state index contributed by atoms with van der Waals surface area (Å²) >= 11 is 0. The number of benzene rings is 2. The molecule has 20 heavy (non-hydrogen) atoms. The highest BCUT2D eigenvalue weighted by Gasteiger charge is 2.52. The molecule has 4 heteroatoms. The van der Waals surface area contributed by atoms with Gasteiger partial charge in [0.05, 0.1) is 0 Å². The number of rotatable bonds is 2. The van der Waals surface area contributed by atoms with E-state index in [1.54, 1.807) is 54.6 Å². The number of carbonyl (C=O) groups is 2. The van der Waals surface area contributed by atoms with Crippen LogP contribution in [-0.2, 0) is 11.2 Å². The smallest absolute Gasteiger partial charge is 0.270 e. The maximum Gasteiger partial charge on any atom is 0.270 e. The van der Waals surface area contributed by atoms with Crippen LogP contribution < -0.4 is 5.32 Å². The van der Waals surface area contributed by atoms with Crippen molar-refractivity contribution in [2.45, 2.75) is 12.1 Å². The van der Waals surface area contributed by atoms with Gasteiger partial charge >= 0.3 is 0 Å². The topological polar surface area (TPSA) is 46.2 Å². The largest absolute Gasteiger partial charge is 0.323 e. The zero-order chi connectivity index (χ0) is 14.2. The lowest BCUT2D eigenvalue weighted by Crippen LogP contribution is -2.44. The molecule has 1 aliphatic rings. The van der Waals surface area contributed by atoms with E-state index in [1.807, 2.05) is 0 Å². The zero-order valence-electron chi connectivity index (χ0n) is 10.6. The summed E-state index contributed by atoms with van der Waals surface area (Å²) < 4.78 is 14.8. The van der Waals surface area contributed by atoms with E-state index in [9.17, 15) is 14.0 Å². The molecule has 0 unspecified atom stereocenters. The predicted octanol–water partition coefficient (Wildman–Crippen LogP) is 2.77. The van der Waals surface area contributed by atoms with Crippen molar-refractivity contribution >= 4 is 17.4 Å². The lowest BCUT2D eigenvalue weighted by atomic mass is 10.00. The van der Waals surface area contributed by atoms with Gasteiger partial charge in [-0.05, 0) is 17.7 Å². The summed E-state index contributed by atoms with van der Waals surface area (Å²) in [6, 6.07) is 15.2. The molecule has 0 aliphatic heterocycles. The molecule has 0 saturated carbocycles. The second kappa shape index (κ2) is 4.56. The van der Waals surface area contributed by atoms with E-state index in [2.05, 4.69) is 5.32 Å². The normalized spacial score (nSPS) is 20.6. The fourth-order valence-electron chi connectivity index (χ4n) is 2.39. The number of fused-ring (bicyclic) bond motifs is 1. The summed E-state index contributed by atoms with van der Waals surface area (Å²) in [5.74, 6) is -1.67. The van der Waals surface area contributed by atoms with Crippen molar-refractivity contribution in [1.82, 2.24) is 0 Å². The van der Waals surface area contributed by atoms with Crippen molar-refractivity contribution in [2.75, 3.05) is 5.32 Å². The first-order valence-corrected chi connectivity index (χ1v) is 6.29. The molecule has 3 nitrogen and oxygen atoms in total. The summed E-state index contributed by atoms with van der Waals surface area (Å²) in [5.41, 5.74) is -1.18. The molecule has 0 aromatic heterocycles. The number of anilines is 1. The number of carbonyl (C=O) groups excluding carboxylic acids is 2. The number of halogens is 1. The van der Waals surface area contributed by atoms with Gasteiger partial charge < -0.3 is 5.32 Å². The molecule has 2 aromatic rings. The summed E-state index contributed by atoms with van der Waals surface area (Å²) in [6.07, 6.45) is -0.208. The Labute approximate surface area is 115 Å². The van der Waals surface area contributed by atoms with Gasteiger partial charge in [0.15, 0.2) is 0 Å². The van der Waals surface area contributed by atoms with Crippen molar-refractivity contribution in [1.29, 1.82) is 0 Å². The Balaban J connectivity index is 1.88. The number of hydrogen-bond donors (Lipinski definition) is 1. The first-order valence-electron chi connectivity index (χ1n) is 6.29. The highest BCUT2D eigenvalue weighted by atomic mass is 19.1. The summed E-state index contributed by atoms with van der Waals surface area (Å²) in [7, 11) is 0. The van der Waals surface area contributed by atoms with Crippen LogP contribution in [0.5, 0.6) is 0 Å². The number of ketones is 1. The van der Waals surface area contributed by atoms with Crippen LogP contribution in [0.3, 0.4) is 0 Å². The van der Waals surface area contributed by atoms with E-state index >= 15 is 0 Å². The van der Waals surface area contributed by atoms with Gasteiger partial charge in [0.2, 0.25) is 5.78 Å². The van der Waals surface area contributed by atoms with Crippen molar-refractivity contribution in [3.63, 3.8) is 0 Å². The summed E-state index contributed by atoms with van der Waals surface area (Å²) in [4.78, 5) is 24.2. The van der Waals surface area contributed by atoms with Crippen LogP contribution in [0.15, 0.2) is 54.6 Å². The maximum atomic E-state index is 14.8. The molecule has 3 rings (SSSR count). The summed E-state index contributed by atoms with van der Waals surface area (Å²) in [6.45, 7) is 0. The molecule has 0 bridgehead atoms. The first kappa shape index (κ1) is 12.5. The van der Waals surface area contributed by atoms with Crippen LogP contribution in [0.4, 0.5) is 10.1 Å². The van der Waals surface area contributed by atoms with Gasteiger partial charge in [-0.2, -0.15) is 0 Å². The number of nitrogens with one attached hydrogen (secondary N) is 1. The minimum absolute atomic E-state index is 0.208. The van der Waals surface area contributed by atoms with Gasteiger partial charge in [0.1, 0.15) is 0 Å². The molecule has 0 spiro atoms. The summed E-state index contributed by atoms with van der Waals surface area (Å²) in [5, 5.41) is 2.45. The van der Waals surface area contributed by atoms with E-state index in [1.165, 1.54) is 0 Å². The quantitative estimate of drug-likeness (QED) is 0.852. The standard InChI is InChI=1S/C16H12FNO2/c17-16(15(20)18-12-7-2-1-3-8-12)10-11-6-4-5-9-13(11)14(16)19/h1-9H,10H2,(H,18,20)/t16-/m0/s1. The van der Waals surface area contributed by atoms with Crippen molar-refractivity contribution in [3.05, 3.63) is 65.7 Å². The second-order valence-corrected chi connectivity index (χ2v) is 4.78. The predicted molar refractivity (Wildman–Crippen MR) is 73.4 cm³/mol.